The van der Waals surface area contributed by atoms with E-state index in [1.165, 1.54) is 46.8 Å². The van der Waals surface area contributed by atoms with Gasteiger partial charge in [-0.1, -0.05) is 73.5 Å². The summed E-state index contributed by atoms with van der Waals surface area (Å²) in [6, 6.07) is 25.3. The van der Waals surface area contributed by atoms with Gasteiger partial charge in [0.2, 0.25) is 20.0 Å². The van der Waals surface area contributed by atoms with Crippen LogP contribution in [0.4, 0.5) is 20.2 Å². The van der Waals surface area contributed by atoms with Crippen LogP contribution in [0.5, 0.6) is 11.5 Å². The number of allylic oxidation sites excluding steroid dienone is 2. The number of hydrogen-bond acceptors (Lipinski definition) is 14. The number of amides is 2. The van der Waals surface area contributed by atoms with Crippen LogP contribution in [0.2, 0.25) is 10.0 Å². The van der Waals surface area contributed by atoms with Crippen LogP contribution in [-0.4, -0.2) is 98.7 Å². The molecule has 2 fully saturated rings. The Morgan fingerprint density at radius 1 is 0.562 bits per heavy atom. The molecular formula is C74H82Cl2F2N6O10S2. The smallest absolute Gasteiger partial charge is 0.264 e. The molecule has 0 radical (unpaired) electrons. The van der Waals surface area contributed by atoms with Crippen LogP contribution in [0.3, 0.4) is 0 Å². The quantitative estimate of drug-likeness (QED) is 0.119. The van der Waals surface area contributed by atoms with E-state index >= 15 is 8.78 Å². The minimum absolute atomic E-state index is 0.0226. The van der Waals surface area contributed by atoms with Crippen molar-refractivity contribution in [2.75, 3.05) is 49.2 Å². The van der Waals surface area contributed by atoms with Crippen molar-refractivity contribution in [2.45, 2.75) is 137 Å². The maximum atomic E-state index is 15.4. The number of aromatic nitrogens is 2. The second-order valence-electron chi connectivity index (χ2n) is 28.4. The van der Waals surface area contributed by atoms with E-state index < -0.39 is 77.0 Å². The minimum atomic E-state index is -4.05. The van der Waals surface area contributed by atoms with Gasteiger partial charge in [-0.3, -0.25) is 19.6 Å². The molecule has 96 heavy (non-hydrogen) atoms. The van der Waals surface area contributed by atoms with Crippen LogP contribution in [0.1, 0.15) is 146 Å². The molecule has 16 nitrogen and oxygen atoms in total. The number of aliphatic hydroxyl groups is 2. The summed E-state index contributed by atoms with van der Waals surface area (Å²) in [6.07, 6.45) is 21.1. The van der Waals surface area contributed by atoms with Crippen molar-refractivity contribution in [1.29, 1.82) is 0 Å². The first-order chi connectivity index (χ1) is 45.8. The van der Waals surface area contributed by atoms with E-state index in [0.717, 1.165) is 63.8 Å². The number of sulfonamides is 2. The van der Waals surface area contributed by atoms with Crippen molar-refractivity contribution >= 4 is 66.4 Å². The highest BCUT2D eigenvalue weighted by atomic mass is 35.5. The average Bonchev–Trinajstić information content (AvgIpc) is 1.17. The van der Waals surface area contributed by atoms with E-state index in [2.05, 4.69) is 41.3 Å². The monoisotopic (exact) mass is 1390 g/mol. The zero-order valence-corrected chi connectivity index (χ0v) is 57.5. The summed E-state index contributed by atoms with van der Waals surface area (Å²) < 4.78 is 102. The number of ether oxygens (including phenoxy) is 2. The van der Waals surface area contributed by atoms with Gasteiger partial charge in [0.05, 0.1) is 47.5 Å². The van der Waals surface area contributed by atoms with Gasteiger partial charge in [-0.05, 0) is 210 Å². The number of rotatable bonds is 2. The van der Waals surface area contributed by atoms with Crippen molar-refractivity contribution in [3.63, 3.8) is 0 Å². The largest absolute Gasteiger partial charge is 0.490 e. The van der Waals surface area contributed by atoms with Gasteiger partial charge in [-0.2, -0.15) is 0 Å². The molecule has 2 spiro atoms. The van der Waals surface area contributed by atoms with Gasteiger partial charge in [0.25, 0.3) is 11.8 Å². The molecule has 4 N–H and O–H groups in total. The Labute approximate surface area is 571 Å². The lowest BCUT2D eigenvalue weighted by molar-refractivity contribution is -0.0525. The topological polar surface area (TPSA) is 218 Å². The predicted octanol–water partition coefficient (Wildman–Crippen LogP) is 12.6. The third kappa shape index (κ3) is 12.7. The molecule has 2 aromatic heterocycles. The molecule has 4 bridgehead atoms. The number of pyridine rings is 2. The van der Waals surface area contributed by atoms with Crippen LogP contribution >= 0.6 is 23.2 Å². The zero-order valence-electron chi connectivity index (χ0n) is 54.3. The Kier molecular flexibility index (Phi) is 18.6. The average molecular weight is 1390 g/mol. The highest BCUT2D eigenvalue weighted by Gasteiger charge is 2.52. The molecule has 8 aliphatic rings. The third-order valence-electron chi connectivity index (χ3n) is 22.7. The maximum Gasteiger partial charge on any atom is 0.264 e. The molecule has 6 heterocycles. The fourth-order valence-electron chi connectivity index (χ4n) is 16.5. The van der Waals surface area contributed by atoms with Gasteiger partial charge >= 0.3 is 0 Å². The molecule has 2 amide bonds. The molecule has 4 aromatic carbocycles. The summed E-state index contributed by atoms with van der Waals surface area (Å²) in [6.45, 7) is 9.73. The first-order valence-corrected chi connectivity index (χ1v) is 37.4. The number of fused-ring (bicyclic) bond motifs is 8. The van der Waals surface area contributed by atoms with E-state index in [-0.39, 0.29) is 56.8 Å². The number of benzene rings is 4. The number of anilines is 2. The first-order valence-electron chi connectivity index (χ1n) is 33.5. The molecular weight excluding hydrogens is 1310 g/mol. The standard InChI is InChI=1S/2C37H41ClFN3O5S/c2*1-23-5-3-15-37(44,31-13-16-40-19-32(31)39)30-10-7-27(30)20-42-21-36(14-4-6-25-17-28(38)9-11-29(25)36)22-47-34-12-8-26(18-33(34)42)35(43)41-48(45,46)24(23)2/h2*3,8-9,11-13,15-19,23-24,27,30,44H,4-7,10,14,20-22H2,1-2H3,(H,41,43)/b2*15-3+/t23-,24+,27-,30+,36-,37+;23-,24+,27-,30+,36-,37-/m00/s1. The minimum Gasteiger partial charge on any atom is -0.490 e. The summed E-state index contributed by atoms with van der Waals surface area (Å²) >= 11 is 12.8. The molecule has 14 rings (SSSR count). The molecule has 6 aromatic rings. The fourth-order valence-corrected chi connectivity index (χ4v) is 19.5. The molecule has 22 heteroatoms. The Bertz CT molecular complexity index is 4050. The molecule has 12 atom stereocenters. The predicted molar refractivity (Wildman–Crippen MR) is 367 cm³/mol. The maximum absolute atomic E-state index is 15.4. The van der Waals surface area contributed by atoms with Crippen molar-refractivity contribution in [1.82, 2.24) is 19.4 Å². The van der Waals surface area contributed by atoms with Crippen molar-refractivity contribution in [3.8, 4) is 11.5 Å². The van der Waals surface area contributed by atoms with E-state index in [0.29, 0.717) is 98.0 Å². The van der Waals surface area contributed by atoms with Crippen LogP contribution in [0.25, 0.3) is 0 Å². The van der Waals surface area contributed by atoms with Crippen LogP contribution in [0.15, 0.2) is 134 Å². The van der Waals surface area contributed by atoms with Crippen LogP contribution in [-0.2, 0) is 54.9 Å². The first kappa shape index (κ1) is 67.6. The number of nitrogens with zero attached hydrogens (tertiary/aromatic N) is 4. The Hall–Kier alpha value is -6.94. The number of nitrogens with one attached hydrogen (secondary N) is 2. The lowest BCUT2D eigenvalue weighted by atomic mass is 9.62. The Balaban J connectivity index is 0.000000174. The van der Waals surface area contributed by atoms with E-state index in [9.17, 15) is 36.6 Å². The van der Waals surface area contributed by atoms with Crippen molar-refractivity contribution in [2.24, 2.45) is 35.5 Å². The van der Waals surface area contributed by atoms with E-state index in [4.69, 9.17) is 32.7 Å². The SMILES string of the molecule is C[C@@H]1[C@@H](C)C/C=C/[C@@](O)(c2ccncc2F)[C@@H]2CC[C@H]2CN2C[C@@]3(CCCc4cc(Cl)ccc43)COc3ccc(cc32)C(=O)NS1(=O)=O.C[C@@H]1[C@@H](C)C/C=C/[C@](O)(c2ccncc2F)[C@@H]2CC[C@H]2CN2C[C@@]3(CCCc4cc(Cl)ccc43)COc3ccc(cc32)C(=O)NS1(=O)=O. The molecule has 0 saturated heterocycles. The summed E-state index contributed by atoms with van der Waals surface area (Å²) in [5.74, 6) is -2.85. The number of hydrogen-bond donors (Lipinski definition) is 4. The second-order valence-corrected chi connectivity index (χ2v) is 33.4. The number of halogens is 4. The fraction of sp³-hybridized carbons (Fsp3) is 0.459. The highest BCUT2D eigenvalue weighted by molar-refractivity contribution is 7.91. The van der Waals surface area contributed by atoms with Gasteiger partial charge in [0.15, 0.2) is 0 Å². The molecule has 2 saturated carbocycles. The summed E-state index contributed by atoms with van der Waals surface area (Å²) in [5.41, 5.74) is 2.85. The molecule has 4 aliphatic heterocycles. The third-order valence-corrected chi connectivity index (χ3v) is 27.0. The second kappa shape index (κ2) is 26.4. The molecule has 508 valence electrons. The molecule has 0 unspecified atom stereocenters. The van der Waals surface area contributed by atoms with E-state index in [1.807, 2.05) is 24.3 Å². The van der Waals surface area contributed by atoms with Gasteiger partial charge < -0.3 is 29.5 Å². The summed E-state index contributed by atoms with van der Waals surface area (Å²) in [7, 11) is -8.11. The van der Waals surface area contributed by atoms with Crippen molar-refractivity contribution in [3.05, 3.63) is 200 Å². The lowest BCUT2D eigenvalue weighted by Crippen LogP contribution is -2.51. The normalized spacial score (nSPS) is 32.1. The number of carbonyl (C=O) groups excluding carboxylic acids is 2. The summed E-state index contributed by atoms with van der Waals surface area (Å²) in [4.78, 5) is 39.3. The van der Waals surface area contributed by atoms with Crippen LogP contribution in [0, 0.1) is 47.1 Å². The van der Waals surface area contributed by atoms with E-state index in [1.54, 1.807) is 88.4 Å². The van der Waals surface area contributed by atoms with Crippen molar-refractivity contribution < 1.29 is 54.9 Å². The Morgan fingerprint density at radius 2 is 0.979 bits per heavy atom. The zero-order chi connectivity index (χ0) is 67.7. The number of aryl methyl sites for hydroxylation is 2. The van der Waals surface area contributed by atoms with Gasteiger partial charge in [-0.25, -0.2) is 35.1 Å². The lowest BCUT2D eigenvalue weighted by Gasteiger charge is -2.49. The van der Waals surface area contributed by atoms with Gasteiger partial charge in [0.1, 0.15) is 34.3 Å². The Morgan fingerprint density at radius 3 is 1.36 bits per heavy atom. The number of carbonyl (C=O) groups is 2. The highest BCUT2D eigenvalue weighted by Crippen LogP contribution is 2.54. The van der Waals surface area contributed by atoms with Crippen LogP contribution < -0.4 is 28.7 Å². The molecule has 4 aliphatic carbocycles. The van der Waals surface area contributed by atoms with Gasteiger partial charge in [-0.15, -0.1) is 0 Å². The summed E-state index contributed by atoms with van der Waals surface area (Å²) in [5, 5.41) is 24.4. The van der Waals surface area contributed by atoms with Gasteiger partial charge in [0, 0.05) is 93.5 Å².